The van der Waals surface area contributed by atoms with E-state index in [9.17, 15) is 13.2 Å². The van der Waals surface area contributed by atoms with Gasteiger partial charge in [-0.1, -0.05) is 18.2 Å². The zero-order valence-electron chi connectivity index (χ0n) is 20.6. The quantitative estimate of drug-likeness (QED) is 0.550. The topological polar surface area (TPSA) is 114 Å². The Bertz CT molecular complexity index is 1430. The molecule has 190 valence electrons. The summed E-state index contributed by atoms with van der Waals surface area (Å²) >= 11 is 0. The molecule has 1 unspecified atom stereocenters. The molecule has 0 radical (unpaired) electrons. The first-order valence-corrected chi connectivity index (χ1v) is 12.8. The summed E-state index contributed by atoms with van der Waals surface area (Å²) in [5.41, 5.74) is -0.118. The van der Waals surface area contributed by atoms with E-state index in [0.29, 0.717) is 11.5 Å². The molecule has 36 heavy (non-hydrogen) atoms. The van der Waals surface area contributed by atoms with Gasteiger partial charge in [-0.2, -0.15) is 0 Å². The third-order valence-corrected chi connectivity index (χ3v) is 7.50. The summed E-state index contributed by atoms with van der Waals surface area (Å²) in [6.07, 6.45) is 2.14. The van der Waals surface area contributed by atoms with Crippen molar-refractivity contribution in [2.45, 2.75) is 38.8 Å². The average molecular weight is 515 g/mol. The van der Waals surface area contributed by atoms with Crippen LogP contribution in [0.1, 0.15) is 33.3 Å². The number of guanidine groups is 1. The number of amides is 1. The molecule has 1 aliphatic heterocycles. The van der Waals surface area contributed by atoms with Crippen LogP contribution in [0.2, 0.25) is 0 Å². The molecule has 1 atom stereocenters. The van der Waals surface area contributed by atoms with Gasteiger partial charge in [0.2, 0.25) is 21.9 Å². The molecule has 11 heteroatoms. The molecule has 2 aromatic carbocycles. The number of carbonyl (C=O) groups is 1. The number of hydrogen-bond donors (Lipinski definition) is 1. The smallest absolute Gasteiger partial charge is 0.414 e. The van der Waals surface area contributed by atoms with E-state index in [0.717, 1.165) is 15.4 Å². The minimum absolute atomic E-state index is 0.0710. The lowest BCUT2D eigenvalue weighted by Crippen LogP contribution is -2.54. The predicted molar refractivity (Wildman–Crippen MR) is 133 cm³/mol. The maximum Gasteiger partial charge on any atom is 0.414 e. The Balaban J connectivity index is 1.76. The van der Waals surface area contributed by atoms with Gasteiger partial charge in [0, 0.05) is 18.2 Å². The van der Waals surface area contributed by atoms with Crippen LogP contribution in [0.5, 0.6) is 0 Å². The van der Waals surface area contributed by atoms with E-state index in [4.69, 9.17) is 9.15 Å². The number of carbonyl (C=O) groups excluding carboxylic acids is 1. The van der Waals surface area contributed by atoms with Crippen LogP contribution in [0.25, 0.3) is 22.6 Å². The zero-order chi connectivity index (χ0) is 26.3. The van der Waals surface area contributed by atoms with E-state index in [1.807, 2.05) is 24.3 Å². The standard InChI is InChI=1S/C25H27FN4O5S/c1-24(2,3)35-23(31)28-22-29-25(4,15-36(32,33)30(22)5)19-14-17(9-10-20(19)26)16-7-6-8-18(13-16)21-27-11-12-34-21/h6-14H,15H2,1-5H3,(H,28,29,31). The Kier molecular flexibility index (Phi) is 6.38. The summed E-state index contributed by atoms with van der Waals surface area (Å²) in [5.74, 6) is -0.929. The van der Waals surface area contributed by atoms with E-state index >= 15 is 4.39 Å². The van der Waals surface area contributed by atoms with Gasteiger partial charge < -0.3 is 9.15 Å². The minimum atomic E-state index is -3.94. The maximum atomic E-state index is 15.2. The van der Waals surface area contributed by atoms with Crippen molar-refractivity contribution in [1.82, 2.24) is 14.6 Å². The molecule has 1 N–H and O–H groups in total. The largest absolute Gasteiger partial charge is 0.445 e. The van der Waals surface area contributed by atoms with Gasteiger partial charge in [0.1, 0.15) is 23.2 Å². The number of alkyl carbamates (subject to hydrolysis) is 1. The van der Waals surface area contributed by atoms with Crippen molar-refractivity contribution < 1.29 is 26.8 Å². The second kappa shape index (κ2) is 9.05. The van der Waals surface area contributed by atoms with Crippen molar-refractivity contribution in [2.75, 3.05) is 12.8 Å². The molecule has 4 rings (SSSR count). The summed E-state index contributed by atoms with van der Waals surface area (Å²) in [6.45, 7) is 6.55. The Morgan fingerprint density at radius 1 is 1.17 bits per heavy atom. The van der Waals surface area contributed by atoms with E-state index in [1.54, 1.807) is 39.1 Å². The number of rotatable bonds is 3. The van der Waals surface area contributed by atoms with Gasteiger partial charge in [-0.3, -0.25) is 5.32 Å². The summed E-state index contributed by atoms with van der Waals surface area (Å²) in [6, 6.07) is 11.8. The molecule has 3 aromatic rings. The lowest BCUT2D eigenvalue weighted by atomic mass is 9.90. The molecule has 0 fully saturated rings. The second-order valence-electron chi connectivity index (χ2n) is 9.67. The SMILES string of the molecule is CN1C(NC(=O)OC(C)(C)C)=NC(C)(c2cc(-c3cccc(-c4ncco4)c3)ccc2F)CS1(=O)=O. The highest BCUT2D eigenvalue weighted by atomic mass is 32.2. The molecule has 2 heterocycles. The van der Waals surface area contributed by atoms with E-state index < -0.39 is 38.8 Å². The number of hydrogen-bond acceptors (Lipinski definition) is 7. The molecule has 0 saturated heterocycles. The van der Waals surface area contributed by atoms with Crippen molar-refractivity contribution >= 4 is 22.1 Å². The van der Waals surface area contributed by atoms with Crippen molar-refractivity contribution in [3.63, 3.8) is 0 Å². The zero-order valence-corrected chi connectivity index (χ0v) is 21.4. The van der Waals surface area contributed by atoms with E-state index in [2.05, 4.69) is 15.3 Å². The van der Waals surface area contributed by atoms with Crippen molar-refractivity contribution in [2.24, 2.45) is 4.99 Å². The van der Waals surface area contributed by atoms with Gasteiger partial charge in [-0.25, -0.2) is 31.9 Å². The Hall–Kier alpha value is -3.73. The Morgan fingerprint density at radius 2 is 1.86 bits per heavy atom. The third kappa shape index (κ3) is 5.25. The first kappa shape index (κ1) is 25.4. The highest BCUT2D eigenvalue weighted by Gasteiger charge is 2.43. The van der Waals surface area contributed by atoms with Crippen LogP contribution < -0.4 is 5.32 Å². The van der Waals surface area contributed by atoms with Crippen molar-refractivity contribution in [3.05, 3.63) is 66.3 Å². The van der Waals surface area contributed by atoms with Gasteiger partial charge in [-0.05, 0) is 63.1 Å². The van der Waals surface area contributed by atoms with Crippen molar-refractivity contribution in [3.8, 4) is 22.6 Å². The summed E-state index contributed by atoms with van der Waals surface area (Å²) in [5, 5.41) is 2.39. The molecule has 1 aliphatic rings. The number of nitrogens with one attached hydrogen (secondary N) is 1. The monoisotopic (exact) mass is 514 g/mol. The van der Waals surface area contributed by atoms with E-state index in [1.165, 1.54) is 26.3 Å². The van der Waals surface area contributed by atoms with Gasteiger partial charge in [0.05, 0.1) is 11.9 Å². The highest BCUT2D eigenvalue weighted by Crippen LogP contribution is 2.36. The normalized spacial score (nSPS) is 19.5. The van der Waals surface area contributed by atoms with Crippen LogP contribution >= 0.6 is 0 Å². The van der Waals surface area contributed by atoms with Crippen LogP contribution in [-0.2, 0) is 20.3 Å². The lowest BCUT2D eigenvalue weighted by Gasteiger charge is -2.36. The fourth-order valence-electron chi connectivity index (χ4n) is 3.88. The molecule has 9 nitrogen and oxygen atoms in total. The van der Waals surface area contributed by atoms with Crippen LogP contribution in [0.15, 0.2) is 64.3 Å². The van der Waals surface area contributed by atoms with Crippen LogP contribution in [0, 0.1) is 5.82 Å². The van der Waals surface area contributed by atoms with Gasteiger partial charge in [0.25, 0.3) is 0 Å². The van der Waals surface area contributed by atoms with Gasteiger partial charge >= 0.3 is 6.09 Å². The number of sulfonamides is 1. The summed E-state index contributed by atoms with van der Waals surface area (Å²) in [4.78, 5) is 21.0. The highest BCUT2D eigenvalue weighted by molar-refractivity contribution is 7.89. The third-order valence-electron chi connectivity index (χ3n) is 5.57. The summed E-state index contributed by atoms with van der Waals surface area (Å²) in [7, 11) is -2.67. The molecule has 1 amide bonds. The molecular formula is C25H27FN4O5S. The first-order valence-electron chi connectivity index (χ1n) is 11.1. The Morgan fingerprint density at radius 3 is 2.53 bits per heavy atom. The lowest BCUT2D eigenvalue weighted by molar-refractivity contribution is 0.0559. The molecule has 0 bridgehead atoms. The second-order valence-corrected chi connectivity index (χ2v) is 11.7. The number of nitrogens with zero attached hydrogens (tertiary/aromatic N) is 3. The minimum Gasteiger partial charge on any atom is -0.445 e. The van der Waals surface area contributed by atoms with Crippen LogP contribution in [0.3, 0.4) is 0 Å². The molecule has 0 saturated carbocycles. The van der Waals surface area contributed by atoms with Crippen molar-refractivity contribution in [1.29, 1.82) is 0 Å². The first-order chi connectivity index (χ1) is 16.8. The average Bonchev–Trinajstić information content (AvgIpc) is 3.31. The predicted octanol–water partition coefficient (Wildman–Crippen LogP) is 4.52. The maximum absolute atomic E-state index is 15.2. The van der Waals surface area contributed by atoms with Crippen LogP contribution in [-0.4, -0.2) is 48.2 Å². The molecule has 0 aliphatic carbocycles. The molecule has 0 spiro atoms. The Labute approximate surface area is 209 Å². The van der Waals surface area contributed by atoms with E-state index in [-0.39, 0.29) is 11.5 Å². The number of aromatic nitrogens is 1. The fourth-order valence-corrected chi connectivity index (χ4v) is 5.35. The molecular weight excluding hydrogens is 487 g/mol. The number of oxazole rings is 1. The van der Waals surface area contributed by atoms with Crippen LogP contribution in [0.4, 0.5) is 9.18 Å². The molecule has 1 aromatic heterocycles. The number of ether oxygens (including phenoxy) is 1. The number of benzene rings is 2. The van der Waals surface area contributed by atoms with Gasteiger partial charge in [-0.15, -0.1) is 0 Å². The summed E-state index contributed by atoms with van der Waals surface area (Å²) < 4.78 is 52.6. The number of aliphatic imine (C=N–C) groups is 1. The van der Waals surface area contributed by atoms with Gasteiger partial charge in [0.15, 0.2) is 0 Å². The fraction of sp³-hybridized carbons (Fsp3) is 0.320. The number of halogens is 1.